The Morgan fingerprint density at radius 1 is 1.23 bits per heavy atom. The maximum Gasteiger partial charge on any atom is 0.142 e. The molecule has 0 saturated heterocycles. The molecular weight excluding hydrogens is 382 g/mol. The van der Waals surface area contributed by atoms with Gasteiger partial charge in [-0.15, -0.1) is 0 Å². The molecule has 2 aliphatic rings. The van der Waals surface area contributed by atoms with E-state index in [1.165, 1.54) is 11.3 Å². The predicted molar refractivity (Wildman–Crippen MR) is 126 cm³/mol. The third-order valence-corrected chi connectivity index (χ3v) is 6.95. The lowest BCUT2D eigenvalue weighted by molar-refractivity contribution is 0.395. The van der Waals surface area contributed by atoms with E-state index in [4.69, 9.17) is 5.73 Å². The van der Waals surface area contributed by atoms with Crippen molar-refractivity contribution in [3.05, 3.63) is 57.3 Å². The van der Waals surface area contributed by atoms with Crippen LogP contribution in [0.5, 0.6) is 0 Å². The fourth-order valence-corrected chi connectivity index (χ4v) is 5.05. The minimum Gasteiger partial charge on any atom is -0.383 e. The quantitative estimate of drug-likeness (QED) is 0.679. The highest BCUT2D eigenvalue weighted by atomic mass is 15.2. The molecule has 2 heterocycles. The highest BCUT2D eigenvalue weighted by Crippen LogP contribution is 2.46. The zero-order valence-corrected chi connectivity index (χ0v) is 19.0. The van der Waals surface area contributed by atoms with Crippen molar-refractivity contribution < 1.29 is 0 Å². The van der Waals surface area contributed by atoms with Gasteiger partial charge in [0.2, 0.25) is 0 Å². The highest BCUT2D eigenvalue weighted by molar-refractivity contribution is 6.08. The number of fused-ring (bicyclic) bond motifs is 2. The second-order valence-corrected chi connectivity index (χ2v) is 9.30. The van der Waals surface area contributed by atoms with Crippen molar-refractivity contribution in [2.75, 3.05) is 17.7 Å². The number of aromatic nitrogens is 1. The van der Waals surface area contributed by atoms with Gasteiger partial charge in [-0.25, -0.2) is 4.98 Å². The second-order valence-electron chi connectivity index (χ2n) is 9.30. The van der Waals surface area contributed by atoms with Gasteiger partial charge in [-0.2, -0.15) is 10.5 Å². The maximum atomic E-state index is 9.76. The van der Waals surface area contributed by atoms with Crippen LogP contribution in [-0.4, -0.2) is 17.6 Å². The Kier molecular flexibility index (Phi) is 4.67. The molecule has 0 saturated carbocycles. The van der Waals surface area contributed by atoms with Crippen molar-refractivity contribution >= 4 is 28.7 Å². The molecule has 1 aromatic carbocycles. The third-order valence-electron chi connectivity index (χ3n) is 6.95. The van der Waals surface area contributed by atoms with Gasteiger partial charge in [-0.05, 0) is 86.1 Å². The molecule has 2 N–H and O–H groups in total. The normalized spacial score (nSPS) is 20.3. The fraction of sp³-hybridized carbons (Fsp3) is 0.346. The summed E-state index contributed by atoms with van der Waals surface area (Å²) in [7, 11) is 2.16. The van der Waals surface area contributed by atoms with Crippen molar-refractivity contribution in [2.45, 2.75) is 52.5 Å². The number of pyridine rings is 1. The number of nitrogens with two attached hydrogens (primary N) is 1. The lowest BCUT2D eigenvalue weighted by Crippen LogP contribution is -2.45. The van der Waals surface area contributed by atoms with Crippen LogP contribution in [0, 0.1) is 29.6 Å². The monoisotopic (exact) mass is 409 g/mol. The summed E-state index contributed by atoms with van der Waals surface area (Å²) in [6.45, 7) is 10.7. The highest BCUT2D eigenvalue weighted by Gasteiger charge is 2.34. The van der Waals surface area contributed by atoms with Crippen LogP contribution in [0.3, 0.4) is 0 Å². The molecular formula is C26H27N5. The molecule has 1 atom stereocenters. The van der Waals surface area contributed by atoms with Crippen molar-refractivity contribution in [1.82, 2.24) is 4.98 Å². The first-order valence-corrected chi connectivity index (χ1v) is 10.5. The van der Waals surface area contributed by atoms with Gasteiger partial charge in [0.25, 0.3) is 0 Å². The number of nitrogens with zero attached hydrogens (tertiary/aromatic N) is 4. The molecule has 0 spiro atoms. The van der Waals surface area contributed by atoms with E-state index in [9.17, 15) is 10.5 Å². The number of hydrogen-bond donors (Lipinski definition) is 1. The van der Waals surface area contributed by atoms with Gasteiger partial charge >= 0.3 is 0 Å². The molecule has 4 rings (SSSR count). The Bertz CT molecular complexity index is 1260. The van der Waals surface area contributed by atoms with Crippen molar-refractivity contribution in [3.8, 4) is 12.1 Å². The van der Waals surface area contributed by atoms with Crippen LogP contribution < -0.4 is 10.6 Å². The minimum absolute atomic E-state index is 0.119. The first kappa shape index (κ1) is 20.7. The van der Waals surface area contributed by atoms with Crippen LogP contribution in [0.25, 0.3) is 17.2 Å². The lowest BCUT2D eigenvalue weighted by Gasteiger charge is -2.45. The van der Waals surface area contributed by atoms with Crippen LogP contribution in [0.15, 0.2) is 23.8 Å². The number of nitriles is 2. The minimum atomic E-state index is 0.119. The molecule has 0 amide bonds. The van der Waals surface area contributed by atoms with Gasteiger partial charge in [0.1, 0.15) is 18.0 Å². The molecule has 31 heavy (non-hydrogen) atoms. The molecule has 156 valence electrons. The van der Waals surface area contributed by atoms with E-state index in [0.717, 1.165) is 34.3 Å². The van der Waals surface area contributed by atoms with Crippen LogP contribution in [0.4, 0.5) is 11.5 Å². The third kappa shape index (κ3) is 3.01. The molecule has 0 radical (unpaired) electrons. The topological polar surface area (TPSA) is 89.7 Å². The number of benzene rings is 1. The smallest absolute Gasteiger partial charge is 0.142 e. The van der Waals surface area contributed by atoms with Crippen molar-refractivity contribution in [2.24, 2.45) is 0 Å². The molecule has 0 fully saturated rings. The first-order chi connectivity index (χ1) is 14.6. The Labute approximate surface area is 184 Å². The number of anilines is 2. The summed E-state index contributed by atoms with van der Waals surface area (Å²) < 4.78 is 0. The summed E-state index contributed by atoms with van der Waals surface area (Å²) in [6, 6.07) is 11.0. The summed E-state index contributed by atoms with van der Waals surface area (Å²) >= 11 is 0. The number of nitrogen functional groups attached to an aromatic ring is 1. The van der Waals surface area contributed by atoms with Crippen LogP contribution in [-0.2, 0) is 0 Å². The van der Waals surface area contributed by atoms with Gasteiger partial charge in [0.05, 0.1) is 16.8 Å². The summed E-state index contributed by atoms with van der Waals surface area (Å²) in [5.74, 6) is 0.629. The summed E-state index contributed by atoms with van der Waals surface area (Å²) in [5, 5.41) is 19.3. The van der Waals surface area contributed by atoms with E-state index in [0.29, 0.717) is 22.7 Å². The molecule has 5 heteroatoms. The molecule has 0 bridgehead atoms. The summed E-state index contributed by atoms with van der Waals surface area (Å²) in [5.41, 5.74) is 14.7. The molecule has 1 aliphatic heterocycles. The van der Waals surface area contributed by atoms with Gasteiger partial charge in [-0.1, -0.05) is 13.0 Å². The van der Waals surface area contributed by atoms with E-state index in [2.05, 4.69) is 74.1 Å². The van der Waals surface area contributed by atoms with Crippen molar-refractivity contribution in [3.63, 3.8) is 0 Å². The average molecular weight is 410 g/mol. The van der Waals surface area contributed by atoms with Gasteiger partial charge in [0.15, 0.2) is 0 Å². The second kappa shape index (κ2) is 7.00. The molecule has 2 aromatic rings. The van der Waals surface area contributed by atoms with Gasteiger partial charge < -0.3 is 10.6 Å². The molecule has 5 nitrogen and oxygen atoms in total. The molecule has 1 aliphatic carbocycles. The van der Waals surface area contributed by atoms with E-state index in [1.807, 2.05) is 13.8 Å². The Balaban J connectivity index is 1.90. The Morgan fingerprint density at radius 2 is 1.94 bits per heavy atom. The van der Waals surface area contributed by atoms with Gasteiger partial charge in [-0.3, -0.25) is 0 Å². The standard InChI is InChI=1S/C26H27N5/c1-14-11-26(4,5)31(6)22-8-7-17(9-18(14)22)10-19-15(2)20(12-27)24-23(19)16(3)21(13-28)25(29)30-24/h7-10,14H,11H2,1-6H3,(H2,29,30)/b19-10-/t14-/m0/s1. The Morgan fingerprint density at radius 3 is 2.58 bits per heavy atom. The SMILES string of the molecule is CC1=C(C#N)c2nc(N)c(C#N)c(C)c2/C1=C\c1ccc2c(c1)[C@@H](C)CC(C)(C)N2C. The first-order valence-electron chi connectivity index (χ1n) is 10.5. The predicted octanol–water partition coefficient (Wildman–Crippen LogP) is 5.42. The molecule has 1 aromatic heterocycles. The van der Waals surface area contributed by atoms with E-state index < -0.39 is 0 Å². The summed E-state index contributed by atoms with van der Waals surface area (Å²) in [4.78, 5) is 6.78. The zero-order chi connectivity index (χ0) is 22.7. The van der Waals surface area contributed by atoms with Crippen LogP contribution >= 0.6 is 0 Å². The molecule has 0 unspecified atom stereocenters. The van der Waals surface area contributed by atoms with Gasteiger partial charge in [0, 0.05) is 23.8 Å². The van der Waals surface area contributed by atoms with Crippen molar-refractivity contribution in [1.29, 1.82) is 10.5 Å². The Hall–Kier alpha value is -3.57. The average Bonchev–Trinajstić information content (AvgIpc) is 2.97. The number of hydrogen-bond acceptors (Lipinski definition) is 5. The zero-order valence-electron chi connectivity index (χ0n) is 19.0. The fourth-order valence-electron chi connectivity index (χ4n) is 5.05. The van der Waals surface area contributed by atoms with E-state index >= 15 is 0 Å². The van der Waals surface area contributed by atoms with E-state index in [-0.39, 0.29) is 11.4 Å². The number of allylic oxidation sites excluding steroid dienone is 3. The maximum absolute atomic E-state index is 9.76. The number of rotatable bonds is 1. The summed E-state index contributed by atoms with van der Waals surface area (Å²) in [6.07, 6.45) is 3.20. The van der Waals surface area contributed by atoms with Crippen LogP contribution in [0.2, 0.25) is 0 Å². The largest absolute Gasteiger partial charge is 0.383 e. The lowest BCUT2D eigenvalue weighted by atomic mass is 9.80. The van der Waals surface area contributed by atoms with Crippen LogP contribution in [0.1, 0.15) is 73.5 Å². The van der Waals surface area contributed by atoms with E-state index in [1.54, 1.807) is 0 Å².